The molecular formula is C17H20N2O2. The van der Waals surface area contributed by atoms with Gasteiger partial charge in [0.1, 0.15) is 6.04 Å². The molecule has 1 aliphatic rings. The van der Waals surface area contributed by atoms with Crippen molar-refractivity contribution in [1.29, 1.82) is 5.26 Å². The van der Waals surface area contributed by atoms with Crippen LogP contribution < -0.4 is 0 Å². The van der Waals surface area contributed by atoms with E-state index in [-0.39, 0.29) is 17.1 Å². The van der Waals surface area contributed by atoms with E-state index in [1.54, 1.807) is 4.90 Å². The van der Waals surface area contributed by atoms with Crippen LogP contribution in [0.5, 0.6) is 0 Å². The Morgan fingerprint density at radius 1 is 1.19 bits per heavy atom. The van der Waals surface area contributed by atoms with Crippen molar-refractivity contribution in [2.45, 2.75) is 33.2 Å². The minimum absolute atomic E-state index is 0.0648. The van der Waals surface area contributed by atoms with Gasteiger partial charge in [0, 0.05) is 6.54 Å². The summed E-state index contributed by atoms with van der Waals surface area (Å²) in [5.41, 5.74) is 0.845. The molecule has 1 aliphatic heterocycles. The highest BCUT2D eigenvalue weighted by atomic mass is 16.2. The molecule has 1 aromatic rings. The Morgan fingerprint density at radius 3 is 2.33 bits per heavy atom. The first kappa shape index (κ1) is 15.2. The molecule has 0 saturated carbocycles. The number of hydrogen-bond acceptors (Lipinski definition) is 3. The zero-order valence-electron chi connectivity index (χ0n) is 12.7. The van der Waals surface area contributed by atoms with E-state index < -0.39 is 12.0 Å². The molecule has 0 aromatic heterocycles. The van der Waals surface area contributed by atoms with Crippen molar-refractivity contribution >= 4 is 11.7 Å². The number of amides is 1. The highest BCUT2D eigenvalue weighted by Crippen LogP contribution is 2.34. The van der Waals surface area contributed by atoms with Gasteiger partial charge in [-0.3, -0.25) is 9.59 Å². The summed E-state index contributed by atoms with van der Waals surface area (Å²) >= 11 is 0. The number of carbonyl (C=O) groups excluding carboxylic acids is 2. The van der Waals surface area contributed by atoms with Gasteiger partial charge >= 0.3 is 0 Å². The van der Waals surface area contributed by atoms with Crippen LogP contribution in [0.25, 0.3) is 0 Å². The minimum Gasteiger partial charge on any atom is -0.327 e. The molecule has 1 fully saturated rings. The van der Waals surface area contributed by atoms with E-state index in [9.17, 15) is 9.59 Å². The van der Waals surface area contributed by atoms with Crippen molar-refractivity contribution in [3.63, 3.8) is 0 Å². The predicted molar refractivity (Wildman–Crippen MR) is 79.1 cm³/mol. The summed E-state index contributed by atoms with van der Waals surface area (Å²) in [6, 6.07) is 10.4. The molecule has 110 valence electrons. The maximum Gasteiger partial charge on any atom is 0.248 e. The first-order chi connectivity index (χ1) is 9.85. The van der Waals surface area contributed by atoms with Crippen molar-refractivity contribution in [3.8, 4) is 6.07 Å². The lowest BCUT2D eigenvalue weighted by molar-refractivity contribution is -0.131. The molecule has 4 nitrogen and oxygen atoms in total. The number of likely N-dealkylation sites (tertiary alicyclic amines) is 1. The van der Waals surface area contributed by atoms with Crippen molar-refractivity contribution in [3.05, 3.63) is 35.9 Å². The summed E-state index contributed by atoms with van der Waals surface area (Å²) < 4.78 is 0. The van der Waals surface area contributed by atoms with Gasteiger partial charge in [-0.15, -0.1) is 0 Å². The number of ketones is 1. The molecular weight excluding hydrogens is 264 g/mol. The lowest BCUT2D eigenvalue weighted by atomic mass is 9.91. The standard InChI is InChI=1S/C17H20N2O2/c1-17(2,3)9-10-19-14(12-7-5-4-6-8-12)15(20)13(11-18)16(19)21/h4-8,13-14H,9-10H2,1-3H3. The normalized spacial score (nSPS) is 22.5. The molecule has 0 bridgehead atoms. The molecule has 0 aliphatic carbocycles. The van der Waals surface area contributed by atoms with E-state index in [0.717, 1.165) is 12.0 Å². The molecule has 2 atom stereocenters. The van der Waals surface area contributed by atoms with Gasteiger partial charge in [0.15, 0.2) is 11.7 Å². The fraction of sp³-hybridized carbons (Fsp3) is 0.471. The fourth-order valence-electron chi connectivity index (χ4n) is 2.52. The van der Waals surface area contributed by atoms with Gasteiger partial charge in [-0.25, -0.2) is 0 Å². The fourth-order valence-corrected chi connectivity index (χ4v) is 2.52. The van der Waals surface area contributed by atoms with Crippen LogP contribution in [0.2, 0.25) is 0 Å². The van der Waals surface area contributed by atoms with Crippen LogP contribution in [0.4, 0.5) is 0 Å². The van der Waals surface area contributed by atoms with Gasteiger partial charge in [0.05, 0.1) is 6.07 Å². The van der Waals surface area contributed by atoms with Crippen molar-refractivity contribution in [1.82, 2.24) is 4.90 Å². The summed E-state index contributed by atoms with van der Waals surface area (Å²) in [5, 5.41) is 9.10. The Kier molecular flexibility index (Phi) is 4.13. The molecule has 0 radical (unpaired) electrons. The third kappa shape index (κ3) is 3.13. The van der Waals surface area contributed by atoms with Crippen LogP contribution in [-0.4, -0.2) is 23.1 Å². The second-order valence-electron chi connectivity index (χ2n) is 6.62. The van der Waals surface area contributed by atoms with Gasteiger partial charge in [-0.05, 0) is 17.4 Å². The molecule has 0 N–H and O–H groups in total. The summed E-state index contributed by atoms with van der Waals surface area (Å²) in [6.07, 6.45) is 0.785. The van der Waals surface area contributed by atoms with E-state index in [1.165, 1.54) is 0 Å². The predicted octanol–water partition coefficient (Wildman–Crippen LogP) is 2.71. The topological polar surface area (TPSA) is 61.2 Å². The van der Waals surface area contributed by atoms with Crippen molar-refractivity contribution in [2.24, 2.45) is 11.3 Å². The zero-order valence-corrected chi connectivity index (χ0v) is 12.7. The average molecular weight is 284 g/mol. The first-order valence-electron chi connectivity index (χ1n) is 7.14. The molecule has 21 heavy (non-hydrogen) atoms. The number of nitriles is 1. The second kappa shape index (κ2) is 5.69. The Hall–Kier alpha value is -2.15. The SMILES string of the molecule is CC(C)(C)CCN1C(=O)C(C#N)C(=O)C1c1ccccc1. The molecule has 1 aromatic carbocycles. The monoisotopic (exact) mass is 284 g/mol. The Bertz CT molecular complexity index is 581. The average Bonchev–Trinajstić information content (AvgIpc) is 2.67. The molecule has 2 rings (SSSR count). The van der Waals surface area contributed by atoms with E-state index >= 15 is 0 Å². The van der Waals surface area contributed by atoms with Gasteiger partial charge in [0.25, 0.3) is 0 Å². The number of Topliss-reactive ketones (excluding diaryl/α,β-unsaturated/α-hetero) is 1. The van der Waals surface area contributed by atoms with Crippen LogP contribution in [0, 0.1) is 22.7 Å². The third-order valence-electron chi connectivity index (χ3n) is 3.74. The Balaban J connectivity index is 2.32. The highest BCUT2D eigenvalue weighted by Gasteiger charge is 2.48. The molecule has 4 heteroatoms. The summed E-state index contributed by atoms with van der Waals surface area (Å²) in [7, 11) is 0. The minimum atomic E-state index is -1.16. The van der Waals surface area contributed by atoms with E-state index in [2.05, 4.69) is 20.8 Å². The number of rotatable bonds is 3. The van der Waals surface area contributed by atoms with E-state index in [1.807, 2.05) is 36.4 Å². The summed E-state index contributed by atoms with van der Waals surface area (Å²) in [4.78, 5) is 26.3. The van der Waals surface area contributed by atoms with Gasteiger partial charge < -0.3 is 4.90 Å². The quantitative estimate of drug-likeness (QED) is 0.802. The maximum atomic E-state index is 12.4. The van der Waals surface area contributed by atoms with Crippen molar-refractivity contribution in [2.75, 3.05) is 6.54 Å². The van der Waals surface area contributed by atoms with Gasteiger partial charge in [0.2, 0.25) is 5.91 Å². The third-order valence-corrected chi connectivity index (χ3v) is 3.74. The first-order valence-corrected chi connectivity index (χ1v) is 7.14. The van der Waals surface area contributed by atoms with Crippen LogP contribution in [-0.2, 0) is 9.59 Å². The number of carbonyl (C=O) groups is 2. The number of benzene rings is 1. The zero-order chi connectivity index (χ0) is 15.6. The van der Waals surface area contributed by atoms with Crippen LogP contribution in [0.1, 0.15) is 38.8 Å². The molecule has 1 saturated heterocycles. The lowest BCUT2D eigenvalue weighted by Gasteiger charge is -2.27. The maximum absolute atomic E-state index is 12.4. The second-order valence-corrected chi connectivity index (χ2v) is 6.62. The summed E-state index contributed by atoms with van der Waals surface area (Å²) in [5.74, 6) is -1.82. The van der Waals surface area contributed by atoms with E-state index in [4.69, 9.17) is 5.26 Å². The summed E-state index contributed by atoms with van der Waals surface area (Å²) in [6.45, 7) is 6.77. The Morgan fingerprint density at radius 2 is 1.81 bits per heavy atom. The lowest BCUT2D eigenvalue weighted by Crippen LogP contribution is -2.32. The molecule has 1 heterocycles. The number of nitrogens with zero attached hydrogens (tertiary/aromatic N) is 2. The smallest absolute Gasteiger partial charge is 0.248 e. The molecule has 2 unspecified atom stereocenters. The van der Waals surface area contributed by atoms with E-state index in [0.29, 0.717) is 6.54 Å². The molecule has 1 amide bonds. The van der Waals surface area contributed by atoms with Crippen LogP contribution in [0.3, 0.4) is 0 Å². The van der Waals surface area contributed by atoms with Crippen LogP contribution in [0.15, 0.2) is 30.3 Å². The largest absolute Gasteiger partial charge is 0.327 e. The number of hydrogen-bond donors (Lipinski definition) is 0. The Labute approximate surface area is 125 Å². The molecule has 0 spiro atoms. The van der Waals surface area contributed by atoms with Gasteiger partial charge in [-0.2, -0.15) is 5.26 Å². The highest BCUT2D eigenvalue weighted by molar-refractivity contribution is 6.12. The van der Waals surface area contributed by atoms with Gasteiger partial charge in [-0.1, -0.05) is 51.1 Å². The van der Waals surface area contributed by atoms with Crippen LogP contribution >= 0.6 is 0 Å². The van der Waals surface area contributed by atoms with Crippen molar-refractivity contribution < 1.29 is 9.59 Å².